The lowest BCUT2D eigenvalue weighted by atomic mass is 9.47. The van der Waals surface area contributed by atoms with Crippen LogP contribution in [0.15, 0.2) is 97.1 Å². The summed E-state index contributed by atoms with van der Waals surface area (Å²) in [5.74, 6) is -4.90. The predicted octanol–water partition coefficient (Wildman–Crippen LogP) is 9.03. The highest BCUT2D eigenvalue weighted by molar-refractivity contribution is 6.42. The van der Waals surface area contributed by atoms with Crippen LogP contribution in [0.5, 0.6) is 0 Å². The van der Waals surface area contributed by atoms with Crippen molar-refractivity contribution in [3.05, 3.63) is 139 Å². The molecule has 0 bridgehead atoms. The van der Waals surface area contributed by atoms with E-state index in [0.29, 0.717) is 22.3 Å². The molecule has 4 aromatic rings. The van der Waals surface area contributed by atoms with Crippen molar-refractivity contribution in [1.82, 2.24) is 0 Å². The average molecular weight is 667 g/mol. The minimum atomic E-state index is -2.03. The molecular formula is C35H27Cl4NO4. The number of nitriles is 1. The van der Waals surface area contributed by atoms with Crippen molar-refractivity contribution in [3.8, 4) is 6.07 Å². The summed E-state index contributed by atoms with van der Waals surface area (Å²) in [6.07, 6.45) is -0.192. The number of Topliss-reactive ketones (excluding diaryl/α,β-unsaturated/α-hetero) is 1. The van der Waals surface area contributed by atoms with Gasteiger partial charge in [-0.05, 0) is 54.3 Å². The molecule has 5 atom stereocenters. The van der Waals surface area contributed by atoms with E-state index in [1.807, 2.05) is 0 Å². The smallest absolute Gasteiger partial charge is 0.327 e. The Hall–Kier alpha value is -3.37. The lowest BCUT2D eigenvalue weighted by Crippen LogP contribution is -2.59. The molecule has 0 spiro atoms. The van der Waals surface area contributed by atoms with E-state index in [2.05, 4.69) is 6.07 Å². The molecule has 0 radical (unpaired) electrons. The van der Waals surface area contributed by atoms with E-state index >= 15 is 0 Å². The van der Waals surface area contributed by atoms with Crippen LogP contribution in [0.1, 0.15) is 52.2 Å². The Morgan fingerprint density at radius 3 is 1.93 bits per heavy atom. The van der Waals surface area contributed by atoms with E-state index in [0.717, 1.165) is 0 Å². The summed E-state index contributed by atoms with van der Waals surface area (Å²) in [6.45, 7) is 1.62. The highest BCUT2D eigenvalue weighted by atomic mass is 35.5. The zero-order valence-corrected chi connectivity index (χ0v) is 26.5. The first-order valence-electron chi connectivity index (χ1n) is 13.9. The van der Waals surface area contributed by atoms with Gasteiger partial charge in [-0.2, -0.15) is 5.26 Å². The molecule has 1 aliphatic carbocycles. The van der Waals surface area contributed by atoms with Crippen LogP contribution in [0.25, 0.3) is 0 Å². The number of carbonyl (C=O) groups excluding carboxylic acids is 2. The molecule has 0 heterocycles. The lowest BCUT2D eigenvalue weighted by molar-refractivity contribution is -0.164. The fourth-order valence-corrected chi connectivity index (χ4v) is 7.13. The number of ether oxygens (including phenoxy) is 1. The number of benzene rings is 4. The van der Waals surface area contributed by atoms with Crippen LogP contribution in [0, 0.1) is 22.7 Å². The molecule has 1 saturated carbocycles. The quantitative estimate of drug-likeness (QED) is 0.157. The minimum absolute atomic E-state index is 0.0231. The van der Waals surface area contributed by atoms with Crippen LogP contribution < -0.4 is 0 Å². The van der Waals surface area contributed by atoms with Gasteiger partial charge in [0, 0.05) is 17.4 Å². The van der Waals surface area contributed by atoms with E-state index in [1.54, 1.807) is 97.9 Å². The Morgan fingerprint density at radius 1 is 0.841 bits per heavy atom. The summed E-state index contributed by atoms with van der Waals surface area (Å²) in [5, 5.41) is 25.1. The maximum atomic E-state index is 14.7. The fraction of sp³-hybridized carbons (Fsp3) is 0.229. The zero-order valence-electron chi connectivity index (χ0n) is 23.5. The van der Waals surface area contributed by atoms with Crippen molar-refractivity contribution in [2.24, 2.45) is 11.3 Å². The Bertz CT molecular complexity index is 1740. The number of nitrogens with zero attached hydrogens (tertiary/aromatic N) is 1. The number of hydrogen-bond acceptors (Lipinski definition) is 5. The van der Waals surface area contributed by atoms with Gasteiger partial charge in [0.1, 0.15) is 5.60 Å². The van der Waals surface area contributed by atoms with Crippen LogP contribution in [-0.4, -0.2) is 23.5 Å². The topological polar surface area (TPSA) is 87.4 Å². The standard InChI is InChI=1S/C35H27Cl4NO4/c1-2-44-33(42)34(20-40)25(22-13-15-26(36)28(38)17-22)19-35(43,24-11-7-4-8-12-24)31(32(41)21-9-5-3-6-10-21)30(34)23-14-16-27(37)29(39)18-23/h3-18,25,30-31,43H,2,19H2,1H3/t25-,30+,31+,34+,35-/m0/s1. The molecule has 0 aromatic heterocycles. The first-order valence-corrected chi connectivity index (χ1v) is 15.4. The molecule has 0 unspecified atom stereocenters. The second-order valence-electron chi connectivity index (χ2n) is 10.8. The van der Waals surface area contributed by atoms with E-state index in [-0.39, 0.29) is 33.1 Å². The molecule has 0 saturated heterocycles. The number of rotatable bonds is 7. The third-order valence-corrected chi connectivity index (χ3v) is 9.94. The fourth-order valence-electron chi connectivity index (χ4n) is 6.51. The van der Waals surface area contributed by atoms with Crippen LogP contribution in [0.2, 0.25) is 20.1 Å². The Kier molecular flexibility index (Phi) is 9.41. The average Bonchev–Trinajstić information content (AvgIpc) is 3.04. The van der Waals surface area contributed by atoms with Crippen molar-refractivity contribution < 1.29 is 19.4 Å². The number of ketones is 1. The monoisotopic (exact) mass is 665 g/mol. The first kappa shape index (κ1) is 32.0. The molecular weight excluding hydrogens is 640 g/mol. The molecule has 9 heteroatoms. The summed E-state index contributed by atoms with van der Waals surface area (Å²) in [5.41, 5.74) is -2.32. The maximum Gasteiger partial charge on any atom is 0.327 e. The van der Waals surface area contributed by atoms with Gasteiger partial charge in [-0.1, -0.05) is 119 Å². The van der Waals surface area contributed by atoms with Crippen molar-refractivity contribution in [1.29, 1.82) is 5.26 Å². The molecule has 5 rings (SSSR count). The third-order valence-electron chi connectivity index (χ3n) is 8.46. The molecule has 224 valence electrons. The Morgan fingerprint density at radius 2 is 1.39 bits per heavy atom. The number of aliphatic hydroxyl groups is 1. The van der Waals surface area contributed by atoms with Crippen molar-refractivity contribution in [3.63, 3.8) is 0 Å². The molecule has 1 fully saturated rings. The number of halogens is 4. The van der Waals surface area contributed by atoms with Crippen molar-refractivity contribution in [2.75, 3.05) is 6.61 Å². The van der Waals surface area contributed by atoms with Crippen LogP contribution in [0.4, 0.5) is 0 Å². The first-order chi connectivity index (χ1) is 21.1. The number of carbonyl (C=O) groups is 2. The van der Waals surface area contributed by atoms with Gasteiger partial charge in [-0.3, -0.25) is 9.59 Å². The van der Waals surface area contributed by atoms with Gasteiger partial charge >= 0.3 is 5.97 Å². The number of esters is 1. The molecule has 1 aliphatic rings. The zero-order chi connectivity index (χ0) is 31.6. The third kappa shape index (κ3) is 5.51. The van der Waals surface area contributed by atoms with E-state index in [4.69, 9.17) is 51.1 Å². The highest BCUT2D eigenvalue weighted by Crippen LogP contribution is 2.64. The summed E-state index contributed by atoms with van der Waals surface area (Å²) in [7, 11) is 0. The SMILES string of the molecule is CCOC(=O)[C@@]1(C#N)[C@H](c2ccc(Cl)c(Cl)c2)[C@H](C(=O)c2ccccc2)[C@@](O)(c2ccccc2)C[C@H]1c1ccc(Cl)c(Cl)c1. The predicted molar refractivity (Wildman–Crippen MR) is 172 cm³/mol. The van der Waals surface area contributed by atoms with Crippen molar-refractivity contribution in [2.45, 2.75) is 30.8 Å². The van der Waals surface area contributed by atoms with Gasteiger partial charge < -0.3 is 9.84 Å². The summed E-state index contributed by atoms with van der Waals surface area (Å²) in [6, 6.07) is 29.1. The normalized spacial score (nSPS) is 24.7. The van der Waals surface area contributed by atoms with Crippen molar-refractivity contribution >= 4 is 58.2 Å². The van der Waals surface area contributed by atoms with Gasteiger partial charge in [0.2, 0.25) is 0 Å². The maximum absolute atomic E-state index is 14.7. The van der Waals surface area contributed by atoms with Gasteiger partial charge in [0.05, 0.1) is 38.7 Å². The molecule has 5 nitrogen and oxygen atoms in total. The molecule has 0 amide bonds. The summed E-state index contributed by atoms with van der Waals surface area (Å²) in [4.78, 5) is 29.1. The largest absolute Gasteiger partial charge is 0.465 e. The molecule has 44 heavy (non-hydrogen) atoms. The van der Waals surface area contributed by atoms with Crippen LogP contribution in [-0.2, 0) is 15.1 Å². The van der Waals surface area contributed by atoms with Gasteiger partial charge in [0.25, 0.3) is 0 Å². The van der Waals surface area contributed by atoms with Crippen LogP contribution in [0.3, 0.4) is 0 Å². The molecule has 1 N–H and O–H groups in total. The van der Waals surface area contributed by atoms with Gasteiger partial charge in [-0.25, -0.2) is 0 Å². The van der Waals surface area contributed by atoms with Crippen LogP contribution >= 0.6 is 46.4 Å². The minimum Gasteiger partial charge on any atom is -0.465 e. The lowest BCUT2D eigenvalue weighted by Gasteiger charge is -2.54. The van der Waals surface area contributed by atoms with E-state index in [1.165, 1.54) is 6.07 Å². The second-order valence-corrected chi connectivity index (χ2v) is 12.4. The second kappa shape index (κ2) is 12.9. The van der Waals surface area contributed by atoms with E-state index < -0.39 is 40.5 Å². The van der Waals surface area contributed by atoms with Gasteiger partial charge in [-0.15, -0.1) is 0 Å². The Balaban J connectivity index is 1.92. The van der Waals surface area contributed by atoms with Gasteiger partial charge in [0.15, 0.2) is 11.2 Å². The summed E-state index contributed by atoms with van der Waals surface area (Å²) < 4.78 is 5.62. The summed E-state index contributed by atoms with van der Waals surface area (Å²) >= 11 is 25.6. The molecule has 4 aromatic carbocycles. The molecule has 0 aliphatic heterocycles. The van der Waals surface area contributed by atoms with E-state index in [9.17, 15) is 20.0 Å². The Labute approximate surface area is 275 Å². The highest BCUT2D eigenvalue weighted by Gasteiger charge is 2.67. The number of hydrogen-bond donors (Lipinski definition) is 1.